The number of anilines is 1. The van der Waals surface area contributed by atoms with Crippen LogP contribution in [0.15, 0.2) is 12.4 Å². The summed E-state index contributed by atoms with van der Waals surface area (Å²) in [5.41, 5.74) is 3.11. The minimum atomic E-state index is -0.0459. The maximum atomic E-state index is 11.8. The van der Waals surface area contributed by atoms with Crippen molar-refractivity contribution in [2.24, 2.45) is 11.3 Å². The zero-order valence-electron chi connectivity index (χ0n) is 13.5. The lowest BCUT2D eigenvalue weighted by molar-refractivity contribution is -0.143. The molecule has 0 bridgehead atoms. The summed E-state index contributed by atoms with van der Waals surface area (Å²) in [5, 5.41) is 12.7. The standard InChI is InChI=1S/C16H21N5O2/c1-3-11-8-13(14-18-17-10-21(14)19-11)20-6-4-16(5-7-20)9-12(16)15(22)23-2/h8,10,12H,3-7,9H2,1-2H3. The van der Waals surface area contributed by atoms with Gasteiger partial charge in [-0.1, -0.05) is 6.92 Å². The van der Waals surface area contributed by atoms with E-state index in [1.807, 2.05) is 0 Å². The molecule has 2 fully saturated rings. The SMILES string of the molecule is CCc1cc(N2CCC3(CC2)CC3C(=O)OC)c2nncn2n1. The summed E-state index contributed by atoms with van der Waals surface area (Å²) in [6.07, 6.45) is 5.55. The van der Waals surface area contributed by atoms with Crippen molar-refractivity contribution in [3.05, 3.63) is 18.1 Å². The van der Waals surface area contributed by atoms with Crippen molar-refractivity contribution in [1.82, 2.24) is 19.8 Å². The zero-order chi connectivity index (χ0) is 16.0. The molecule has 3 heterocycles. The first-order chi connectivity index (χ1) is 11.2. The molecule has 2 aromatic heterocycles. The maximum Gasteiger partial charge on any atom is 0.309 e. The van der Waals surface area contributed by atoms with Crippen LogP contribution in [0.4, 0.5) is 5.69 Å². The molecule has 0 N–H and O–H groups in total. The molecule has 0 amide bonds. The highest BCUT2D eigenvalue weighted by molar-refractivity contribution is 5.77. The van der Waals surface area contributed by atoms with Crippen LogP contribution in [-0.4, -0.2) is 46.0 Å². The van der Waals surface area contributed by atoms with Crippen molar-refractivity contribution in [2.45, 2.75) is 32.6 Å². The lowest BCUT2D eigenvalue weighted by Crippen LogP contribution is -2.36. The predicted octanol–water partition coefficient (Wildman–Crippen LogP) is 1.47. The third-order valence-electron chi connectivity index (χ3n) is 5.44. The lowest BCUT2D eigenvalue weighted by Gasteiger charge is -2.34. The van der Waals surface area contributed by atoms with Gasteiger partial charge >= 0.3 is 5.97 Å². The van der Waals surface area contributed by atoms with Gasteiger partial charge in [-0.3, -0.25) is 4.79 Å². The van der Waals surface area contributed by atoms with Gasteiger partial charge in [0.05, 0.1) is 24.4 Å². The molecule has 2 aliphatic rings. The molecule has 122 valence electrons. The molecule has 1 aliphatic carbocycles. The van der Waals surface area contributed by atoms with Gasteiger partial charge in [-0.25, -0.2) is 0 Å². The number of piperidine rings is 1. The van der Waals surface area contributed by atoms with Crippen molar-refractivity contribution in [3.8, 4) is 0 Å². The van der Waals surface area contributed by atoms with E-state index in [1.165, 1.54) is 7.11 Å². The van der Waals surface area contributed by atoms with Gasteiger partial charge in [0.2, 0.25) is 5.65 Å². The van der Waals surface area contributed by atoms with Gasteiger partial charge in [0.1, 0.15) is 6.33 Å². The van der Waals surface area contributed by atoms with E-state index in [4.69, 9.17) is 4.74 Å². The molecule has 1 atom stereocenters. The number of esters is 1. The van der Waals surface area contributed by atoms with E-state index in [2.05, 4.69) is 33.2 Å². The van der Waals surface area contributed by atoms with Gasteiger partial charge in [0, 0.05) is 13.1 Å². The summed E-state index contributed by atoms with van der Waals surface area (Å²) in [5.74, 6) is 0.0573. The second-order valence-corrected chi connectivity index (χ2v) is 6.60. The maximum absolute atomic E-state index is 11.8. The number of carbonyl (C=O) groups is 1. The molecule has 4 rings (SSSR count). The van der Waals surface area contributed by atoms with Crippen LogP contribution in [0.5, 0.6) is 0 Å². The van der Waals surface area contributed by atoms with Gasteiger partial charge in [-0.2, -0.15) is 9.61 Å². The van der Waals surface area contributed by atoms with E-state index in [9.17, 15) is 4.79 Å². The van der Waals surface area contributed by atoms with Gasteiger partial charge < -0.3 is 9.64 Å². The average molecular weight is 315 g/mol. The number of nitrogens with zero attached hydrogens (tertiary/aromatic N) is 5. The van der Waals surface area contributed by atoms with Gasteiger partial charge in [-0.05, 0) is 37.2 Å². The molecule has 23 heavy (non-hydrogen) atoms. The summed E-state index contributed by atoms with van der Waals surface area (Å²) in [7, 11) is 1.48. The van der Waals surface area contributed by atoms with E-state index in [1.54, 1.807) is 10.8 Å². The number of aromatic nitrogens is 4. The quantitative estimate of drug-likeness (QED) is 0.799. The fourth-order valence-corrected chi connectivity index (χ4v) is 3.84. The Labute approximate surface area is 134 Å². The van der Waals surface area contributed by atoms with E-state index in [0.29, 0.717) is 0 Å². The van der Waals surface area contributed by atoms with E-state index in [-0.39, 0.29) is 17.3 Å². The van der Waals surface area contributed by atoms with Crippen LogP contribution in [0.2, 0.25) is 0 Å². The zero-order valence-corrected chi connectivity index (χ0v) is 13.5. The lowest BCUT2D eigenvalue weighted by atomic mass is 9.90. The summed E-state index contributed by atoms with van der Waals surface area (Å²) in [6, 6.07) is 2.12. The van der Waals surface area contributed by atoms with Crippen molar-refractivity contribution in [3.63, 3.8) is 0 Å². The highest BCUT2D eigenvalue weighted by Crippen LogP contribution is 2.60. The highest BCUT2D eigenvalue weighted by atomic mass is 16.5. The monoisotopic (exact) mass is 315 g/mol. The number of hydrogen-bond donors (Lipinski definition) is 0. The Hall–Kier alpha value is -2.18. The smallest absolute Gasteiger partial charge is 0.309 e. The van der Waals surface area contributed by atoms with Gasteiger partial charge in [0.25, 0.3) is 0 Å². The van der Waals surface area contributed by atoms with Gasteiger partial charge in [-0.15, -0.1) is 10.2 Å². The Kier molecular flexibility index (Phi) is 3.25. The van der Waals surface area contributed by atoms with E-state index >= 15 is 0 Å². The van der Waals surface area contributed by atoms with Crippen molar-refractivity contribution in [2.75, 3.05) is 25.1 Å². The fourth-order valence-electron chi connectivity index (χ4n) is 3.84. The third kappa shape index (κ3) is 2.26. The van der Waals surface area contributed by atoms with Crippen molar-refractivity contribution < 1.29 is 9.53 Å². The van der Waals surface area contributed by atoms with Crippen LogP contribution in [0, 0.1) is 11.3 Å². The summed E-state index contributed by atoms with van der Waals surface area (Å²) < 4.78 is 6.67. The van der Waals surface area contributed by atoms with E-state index in [0.717, 1.165) is 55.8 Å². The number of carbonyl (C=O) groups excluding carboxylic acids is 1. The molecule has 0 radical (unpaired) electrons. The number of methoxy groups -OCH3 is 1. The molecule has 1 saturated carbocycles. The molecule has 1 unspecified atom stereocenters. The fraction of sp³-hybridized carbons (Fsp3) is 0.625. The molecule has 2 aromatic rings. The number of rotatable bonds is 3. The van der Waals surface area contributed by atoms with Crippen molar-refractivity contribution in [1.29, 1.82) is 0 Å². The second kappa shape index (κ2) is 5.18. The minimum Gasteiger partial charge on any atom is -0.469 e. The molecule has 7 nitrogen and oxygen atoms in total. The Balaban J connectivity index is 1.55. The summed E-state index contributed by atoms with van der Waals surface area (Å²) >= 11 is 0. The molecule has 1 aliphatic heterocycles. The number of ether oxygens (including phenoxy) is 1. The van der Waals surface area contributed by atoms with Crippen LogP contribution in [0.25, 0.3) is 5.65 Å². The van der Waals surface area contributed by atoms with Crippen LogP contribution in [0.1, 0.15) is 31.9 Å². The largest absolute Gasteiger partial charge is 0.469 e. The summed E-state index contributed by atoms with van der Waals surface area (Å²) in [4.78, 5) is 14.1. The molecule has 1 spiro atoms. The second-order valence-electron chi connectivity index (χ2n) is 6.60. The molecule has 1 saturated heterocycles. The summed E-state index contributed by atoms with van der Waals surface area (Å²) in [6.45, 7) is 3.96. The van der Waals surface area contributed by atoms with E-state index < -0.39 is 0 Å². The number of fused-ring (bicyclic) bond motifs is 1. The van der Waals surface area contributed by atoms with Crippen LogP contribution >= 0.6 is 0 Å². The normalized spacial score (nSPS) is 22.5. The number of hydrogen-bond acceptors (Lipinski definition) is 6. The molecular weight excluding hydrogens is 294 g/mol. The predicted molar refractivity (Wildman–Crippen MR) is 84.2 cm³/mol. The van der Waals surface area contributed by atoms with Crippen LogP contribution in [0.3, 0.4) is 0 Å². The average Bonchev–Trinajstić information content (AvgIpc) is 3.06. The van der Waals surface area contributed by atoms with Crippen molar-refractivity contribution >= 4 is 17.3 Å². The highest BCUT2D eigenvalue weighted by Gasteiger charge is 2.59. The molecular formula is C16H21N5O2. The molecule has 0 aromatic carbocycles. The Morgan fingerprint density at radius 3 is 2.91 bits per heavy atom. The Bertz CT molecular complexity index is 748. The first kappa shape index (κ1) is 14.4. The third-order valence-corrected chi connectivity index (χ3v) is 5.44. The first-order valence-corrected chi connectivity index (χ1v) is 8.19. The number of aryl methyl sites for hydroxylation is 1. The first-order valence-electron chi connectivity index (χ1n) is 8.19. The Morgan fingerprint density at radius 1 is 1.43 bits per heavy atom. The minimum absolute atomic E-state index is 0.0459. The topological polar surface area (TPSA) is 72.6 Å². The Morgan fingerprint density at radius 2 is 2.22 bits per heavy atom. The van der Waals surface area contributed by atoms with Crippen LogP contribution in [-0.2, 0) is 16.0 Å². The molecule has 7 heteroatoms. The van der Waals surface area contributed by atoms with Crippen LogP contribution < -0.4 is 4.90 Å². The van der Waals surface area contributed by atoms with Gasteiger partial charge in [0.15, 0.2) is 0 Å².